The Kier molecular flexibility index (Phi) is 6.36. The van der Waals surface area contributed by atoms with Crippen molar-refractivity contribution in [3.8, 4) is 12.3 Å². The second-order valence-electron chi connectivity index (χ2n) is 5.67. The molecule has 0 amide bonds. The van der Waals surface area contributed by atoms with Gasteiger partial charge in [0.15, 0.2) is 6.40 Å². The summed E-state index contributed by atoms with van der Waals surface area (Å²) < 4.78 is 12.9. The number of terminal acetylenes is 1. The van der Waals surface area contributed by atoms with Crippen molar-refractivity contribution < 1.29 is 9.26 Å². The van der Waals surface area contributed by atoms with Gasteiger partial charge in [0.2, 0.25) is 0 Å². The fraction of sp³-hybridized carbons (Fsp3) is 0.562. The normalized spacial score (nSPS) is 24.8. The molecular weight excluding hydrogens is 329 g/mol. The van der Waals surface area contributed by atoms with Crippen LogP contribution in [0.3, 0.4) is 0 Å². The molecular formula is C16H22N3O4P. The van der Waals surface area contributed by atoms with E-state index in [4.69, 9.17) is 15.7 Å². The highest BCUT2D eigenvalue weighted by atomic mass is 31.1. The molecule has 1 aliphatic rings. The number of rotatable bonds is 6. The first kappa shape index (κ1) is 18.4. The summed E-state index contributed by atoms with van der Waals surface area (Å²) in [4.78, 5) is 29.9. The summed E-state index contributed by atoms with van der Waals surface area (Å²) in [7, 11) is -0.647. The van der Waals surface area contributed by atoms with Crippen LogP contribution in [-0.2, 0) is 9.26 Å². The second kappa shape index (κ2) is 8.27. The van der Waals surface area contributed by atoms with Crippen molar-refractivity contribution >= 4 is 14.5 Å². The van der Waals surface area contributed by atoms with Crippen molar-refractivity contribution in [2.24, 2.45) is 10.9 Å². The van der Waals surface area contributed by atoms with Crippen LogP contribution in [-0.4, -0.2) is 41.4 Å². The number of ether oxygens (including phenoxy) is 1. The van der Waals surface area contributed by atoms with E-state index in [1.165, 1.54) is 17.2 Å². The molecule has 8 heteroatoms. The average molecular weight is 351 g/mol. The zero-order chi connectivity index (χ0) is 17.7. The lowest BCUT2D eigenvalue weighted by atomic mass is 10.0. The van der Waals surface area contributed by atoms with Crippen molar-refractivity contribution in [2.45, 2.75) is 32.6 Å². The largest absolute Gasteiger partial charge is 0.464 e. The molecule has 0 aliphatic carbocycles. The minimum Gasteiger partial charge on any atom is -0.464 e. The predicted molar refractivity (Wildman–Crippen MR) is 94.8 cm³/mol. The molecule has 0 spiro atoms. The van der Waals surface area contributed by atoms with E-state index in [0.29, 0.717) is 13.0 Å². The van der Waals surface area contributed by atoms with E-state index in [2.05, 4.69) is 15.9 Å². The lowest BCUT2D eigenvalue weighted by Crippen LogP contribution is -2.33. The smallest absolute Gasteiger partial charge is 0.330 e. The summed E-state index contributed by atoms with van der Waals surface area (Å²) in [5, 5.41) is 0. The van der Waals surface area contributed by atoms with Gasteiger partial charge in [0.05, 0.1) is 14.3 Å². The third-order valence-electron chi connectivity index (χ3n) is 3.95. The zero-order valence-corrected chi connectivity index (χ0v) is 15.0. The fourth-order valence-electron chi connectivity index (χ4n) is 2.63. The van der Waals surface area contributed by atoms with Gasteiger partial charge in [-0.25, -0.2) is 4.79 Å². The molecule has 1 fully saturated rings. The number of hydrogen-bond donors (Lipinski definition) is 1. The SMILES string of the molecule is C#Cc1cn([C@H]2CC(CP(C)O/C=N/CC)[C@@H](C)O2)c(=O)[nH]c1=O. The molecule has 0 bridgehead atoms. The van der Waals surface area contributed by atoms with Crippen molar-refractivity contribution in [3.05, 3.63) is 32.6 Å². The van der Waals surface area contributed by atoms with E-state index < -0.39 is 25.6 Å². The Morgan fingerprint density at radius 2 is 2.38 bits per heavy atom. The first-order valence-corrected chi connectivity index (χ1v) is 9.69. The zero-order valence-electron chi connectivity index (χ0n) is 14.1. The Labute approximate surface area is 141 Å². The van der Waals surface area contributed by atoms with Crippen LogP contribution in [0.25, 0.3) is 0 Å². The number of aromatic nitrogens is 2. The lowest BCUT2D eigenvalue weighted by molar-refractivity contribution is 0.00317. The summed E-state index contributed by atoms with van der Waals surface area (Å²) in [6.07, 6.45) is 9.26. The van der Waals surface area contributed by atoms with Crippen LogP contribution in [0.2, 0.25) is 0 Å². The number of nitrogens with zero attached hydrogens (tertiary/aromatic N) is 2. The average Bonchev–Trinajstić information content (AvgIpc) is 2.88. The third kappa shape index (κ3) is 4.34. The second-order valence-corrected chi connectivity index (χ2v) is 7.50. The van der Waals surface area contributed by atoms with E-state index in [1.807, 2.05) is 20.5 Å². The Hall–Kier alpha value is -1.90. The van der Waals surface area contributed by atoms with E-state index in [-0.39, 0.29) is 17.6 Å². The summed E-state index contributed by atoms with van der Waals surface area (Å²) in [5.41, 5.74) is -0.949. The van der Waals surface area contributed by atoms with Gasteiger partial charge in [0.1, 0.15) is 11.8 Å². The quantitative estimate of drug-likeness (QED) is 0.365. The van der Waals surface area contributed by atoms with Crippen LogP contribution in [0.15, 0.2) is 20.8 Å². The maximum absolute atomic E-state index is 12.0. The highest BCUT2D eigenvalue weighted by Gasteiger charge is 2.35. The molecule has 1 saturated heterocycles. The van der Waals surface area contributed by atoms with Crippen molar-refractivity contribution in [3.63, 3.8) is 0 Å². The van der Waals surface area contributed by atoms with Crippen LogP contribution in [0.1, 0.15) is 32.1 Å². The minimum absolute atomic E-state index is 0.0141. The van der Waals surface area contributed by atoms with Crippen LogP contribution in [0.4, 0.5) is 0 Å². The monoisotopic (exact) mass is 351 g/mol. The number of nitrogens with one attached hydrogen (secondary N) is 1. The third-order valence-corrected chi connectivity index (χ3v) is 5.39. The minimum atomic E-state index is -0.647. The van der Waals surface area contributed by atoms with Crippen LogP contribution in [0.5, 0.6) is 0 Å². The van der Waals surface area contributed by atoms with E-state index in [0.717, 1.165) is 6.16 Å². The fourth-order valence-corrected chi connectivity index (χ4v) is 4.05. The van der Waals surface area contributed by atoms with Gasteiger partial charge in [-0.3, -0.25) is 19.3 Å². The molecule has 7 nitrogen and oxygen atoms in total. The highest BCUT2D eigenvalue weighted by Crippen LogP contribution is 2.42. The van der Waals surface area contributed by atoms with Crippen molar-refractivity contribution in [2.75, 3.05) is 19.4 Å². The van der Waals surface area contributed by atoms with E-state index in [9.17, 15) is 9.59 Å². The van der Waals surface area contributed by atoms with E-state index in [1.54, 1.807) is 0 Å². The molecule has 1 aromatic rings. The lowest BCUT2D eigenvalue weighted by Gasteiger charge is -2.17. The molecule has 0 aromatic carbocycles. The Bertz CT molecular complexity index is 749. The van der Waals surface area contributed by atoms with Crippen LogP contribution >= 0.6 is 8.15 Å². The number of aliphatic imine (C=N–C) groups is 1. The molecule has 1 N–H and O–H groups in total. The molecule has 2 rings (SSSR count). The van der Waals surface area contributed by atoms with Gasteiger partial charge in [-0.15, -0.1) is 6.42 Å². The van der Waals surface area contributed by atoms with Gasteiger partial charge >= 0.3 is 5.69 Å². The number of hydrogen-bond acceptors (Lipinski definition) is 5. The Morgan fingerprint density at radius 3 is 3.04 bits per heavy atom. The first-order valence-electron chi connectivity index (χ1n) is 7.80. The van der Waals surface area contributed by atoms with Gasteiger partial charge in [0, 0.05) is 18.9 Å². The van der Waals surface area contributed by atoms with Crippen molar-refractivity contribution in [1.29, 1.82) is 0 Å². The summed E-state index contributed by atoms with van der Waals surface area (Å²) in [5.74, 6) is 2.54. The van der Waals surface area contributed by atoms with E-state index >= 15 is 0 Å². The summed E-state index contributed by atoms with van der Waals surface area (Å²) >= 11 is 0. The maximum atomic E-state index is 12.0. The summed E-state index contributed by atoms with van der Waals surface area (Å²) in [6, 6.07) is 0. The topological polar surface area (TPSA) is 85.7 Å². The van der Waals surface area contributed by atoms with Crippen LogP contribution < -0.4 is 11.2 Å². The highest BCUT2D eigenvalue weighted by molar-refractivity contribution is 7.52. The summed E-state index contributed by atoms with van der Waals surface area (Å²) in [6.45, 7) is 6.66. The van der Waals surface area contributed by atoms with Gasteiger partial charge in [-0.05, 0) is 32.9 Å². The molecule has 0 saturated carbocycles. The number of aromatic amines is 1. The molecule has 1 aliphatic heterocycles. The first-order chi connectivity index (χ1) is 11.5. The molecule has 2 unspecified atom stereocenters. The molecule has 0 radical (unpaired) electrons. The standard InChI is InChI=1S/C16H22N3O4P/c1-5-12-8-19(16(21)18-15(12)20)14-7-13(11(3)23-14)9-24(4)22-10-17-6-2/h1,8,10-11,13-14H,6-7,9H2,2-4H3,(H,18,20,21)/b17-10+/t11-,13?,14-,24?/m1/s1. The molecule has 24 heavy (non-hydrogen) atoms. The van der Waals surface area contributed by atoms with Gasteiger partial charge in [0.25, 0.3) is 5.56 Å². The van der Waals surface area contributed by atoms with Crippen LogP contribution in [0, 0.1) is 18.3 Å². The van der Waals surface area contributed by atoms with Gasteiger partial charge in [-0.1, -0.05) is 5.92 Å². The van der Waals surface area contributed by atoms with Gasteiger partial charge in [-0.2, -0.15) is 0 Å². The Morgan fingerprint density at radius 1 is 1.62 bits per heavy atom. The molecule has 1 aromatic heterocycles. The van der Waals surface area contributed by atoms with Crippen molar-refractivity contribution in [1.82, 2.24) is 9.55 Å². The maximum Gasteiger partial charge on any atom is 0.330 e. The van der Waals surface area contributed by atoms with Gasteiger partial charge < -0.3 is 9.26 Å². The predicted octanol–water partition coefficient (Wildman–Crippen LogP) is 1.53. The molecule has 4 atom stereocenters. The molecule has 130 valence electrons. The number of H-pyrrole nitrogens is 1. The Balaban J connectivity index is 2.08. The molecule has 2 heterocycles.